The van der Waals surface area contributed by atoms with Crippen molar-refractivity contribution in [2.75, 3.05) is 7.11 Å². The third-order valence-electron chi connectivity index (χ3n) is 6.58. The van der Waals surface area contributed by atoms with E-state index in [0.29, 0.717) is 25.2 Å². The van der Waals surface area contributed by atoms with Gasteiger partial charge in [-0.25, -0.2) is 4.68 Å². The molecule has 0 aliphatic heterocycles. The van der Waals surface area contributed by atoms with Crippen molar-refractivity contribution < 1.29 is 4.74 Å². The van der Waals surface area contributed by atoms with E-state index in [2.05, 4.69) is 62.0 Å². The summed E-state index contributed by atoms with van der Waals surface area (Å²) in [5.41, 5.74) is 2.63. The lowest BCUT2D eigenvalue weighted by molar-refractivity contribution is 0.162. The maximum absolute atomic E-state index is 13.1. The van der Waals surface area contributed by atoms with E-state index in [4.69, 9.17) is 4.74 Å². The van der Waals surface area contributed by atoms with Crippen LogP contribution in [0.25, 0.3) is 10.9 Å². The fourth-order valence-electron chi connectivity index (χ4n) is 4.67. The van der Waals surface area contributed by atoms with Gasteiger partial charge in [0.2, 0.25) is 0 Å². The molecule has 37 heavy (non-hydrogen) atoms. The molecule has 3 heterocycles. The number of tetrazole rings is 1. The van der Waals surface area contributed by atoms with Gasteiger partial charge in [0.1, 0.15) is 5.75 Å². The summed E-state index contributed by atoms with van der Waals surface area (Å²) >= 11 is 1.71. The molecule has 0 unspecified atom stereocenters. The van der Waals surface area contributed by atoms with Crippen molar-refractivity contribution in [3.63, 3.8) is 0 Å². The van der Waals surface area contributed by atoms with E-state index in [0.717, 1.165) is 35.3 Å². The quantitative estimate of drug-likeness (QED) is 0.267. The minimum Gasteiger partial charge on any atom is -0.497 e. The second-order valence-electron chi connectivity index (χ2n) is 8.98. The van der Waals surface area contributed by atoms with Crippen molar-refractivity contribution in [2.24, 2.45) is 0 Å². The highest BCUT2D eigenvalue weighted by Gasteiger charge is 2.26. The molecule has 5 aromatic rings. The number of nitrogens with zero attached hydrogens (tertiary/aromatic N) is 5. The number of H-pyrrole nitrogens is 1. The van der Waals surface area contributed by atoms with Gasteiger partial charge in [-0.05, 0) is 64.5 Å². The van der Waals surface area contributed by atoms with Gasteiger partial charge in [-0.3, -0.25) is 9.69 Å². The molecule has 0 fully saturated rings. The summed E-state index contributed by atoms with van der Waals surface area (Å²) in [5, 5.41) is 15.8. The summed E-state index contributed by atoms with van der Waals surface area (Å²) in [5.74, 6) is 1.57. The smallest absolute Gasteiger partial charge is 0.252 e. The molecule has 1 atom stereocenters. The summed E-state index contributed by atoms with van der Waals surface area (Å²) in [4.78, 5) is 19.6. The Morgan fingerprint density at radius 3 is 2.70 bits per heavy atom. The zero-order valence-electron chi connectivity index (χ0n) is 21.0. The Labute approximate surface area is 219 Å². The number of aromatic nitrogens is 5. The van der Waals surface area contributed by atoms with Gasteiger partial charge in [0, 0.05) is 41.0 Å². The largest absolute Gasteiger partial charge is 0.497 e. The first-order valence-electron chi connectivity index (χ1n) is 12.4. The molecule has 0 bridgehead atoms. The van der Waals surface area contributed by atoms with E-state index >= 15 is 0 Å². The number of aromatic amines is 1. The number of ether oxygens (including phenoxy) is 1. The van der Waals surface area contributed by atoms with Crippen molar-refractivity contribution in [2.45, 2.75) is 45.4 Å². The summed E-state index contributed by atoms with van der Waals surface area (Å²) in [7, 11) is 1.64. The van der Waals surface area contributed by atoms with Crippen LogP contribution in [-0.2, 0) is 26.1 Å². The van der Waals surface area contributed by atoms with E-state index in [-0.39, 0.29) is 11.6 Å². The van der Waals surface area contributed by atoms with Crippen molar-refractivity contribution >= 4 is 22.2 Å². The average Bonchev–Trinajstić information content (AvgIpc) is 3.61. The van der Waals surface area contributed by atoms with Crippen molar-refractivity contribution in [3.05, 3.63) is 104 Å². The number of thiophene rings is 1. The molecule has 0 saturated heterocycles. The van der Waals surface area contributed by atoms with E-state index < -0.39 is 0 Å². The number of fused-ring (bicyclic) bond motifs is 1. The maximum atomic E-state index is 13.1. The Hall–Kier alpha value is -3.82. The molecule has 5 rings (SSSR count). The molecule has 0 spiro atoms. The number of aryl methyl sites for hydroxylation is 2. The molecule has 0 saturated carbocycles. The Balaban J connectivity index is 1.46. The third-order valence-corrected chi connectivity index (χ3v) is 7.44. The van der Waals surface area contributed by atoms with Crippen LogP contribution in [-0.4, -0.2) is 37.2 Å². The van der Waals surface area contributed by atoms with Crippen LogP contribution in [0.5, 0.6) is 5.75 Å². The van der Waals surface area contributed by atoms with Gasteiger partial charge in [-0.1, -0.05) is 43.3 Å². The van der Waals surface area contributed by atoms with Crippen LogP contribution >= 0.6 is 11.3 Å². The summed E-state index contributed by atoms with van der Waals surface area (Å²) in [6.07, 6.45) is 1.64. The number of nitrogens with one attached hydrogen (secondary N) is 1. The van der Waals surface area contributed by atoms with Crippen LogP contribution in [0.1, 0.15) is 41.2 Å². The van der Waals surface area contributed by atoms with Gasteiger partial charge >= 0.3 is 0 Å². The molecule has 9 heteroatoms. The minimum absolute atomic E-state index is 0.0618. The Kier molecular flexibility index (Phi) is 7.72. The van der Waals surface area contributed by atoms with Gasteiger partial charge in [-0.2, -0.15) is 0 Å². The molecule has 0 amide bonds. The zero-order valence-corrected chi connectivity index (χ0v) is 21.8. The fraction of sp³-hybridized carbons (Fsp3) is 0.286. The lowest BCUT2D eigenvalue weighted by Crippen LogP contribution is -2.32. The summed E-state index contributed by atoms with van der Waals surface area (Å²) in [6, 6.07) is 22.1. The van der Waals surface area contributed by atoms with E-state index in [1.54, 1.807) is 18.4 Å². The minimum atomic E-state index is -0.0904. The highest BCUT2D eigenvalue weighted by Crippen LogP contribution is 2.28. The molecular weight excluding hydrogens is 484 g/mol. The van der Waals surface area contributed by atoms with Crippen molar-refractivity contribution in [1.29, 1.82) is 0 Å². The Morgan fingerprint density at radius 2 is 1.95 bits per heavy atom. The normalized spacial score (nSPS) is 12.3. The fourth-order valence-corrected chi connectivity index (χ4v) is 5.39. The maximum Gasteiger partial charge on any atom is 0.252 e. The van der Waals surface area contributed by atoms with Crippen LogP contribution in [0.4, 0.5) is 0 Å². The van der Waals surface area contributed by atoms with Gasteiger partial charge in [0.15, 0.2) is 5.82 Å². The number of hydrogen-bond donors (Lipinski definition) is 1. The van der Waals surface area contributed by atoms with Gasteiger partial charge in [0.25, 0.3) is 5.56 Å². The van der Waals surface area contributed by atoms with Crippen LogP contribution in [0.3, 0.4) is 0 Å². The molecule has 2 aromatic carbocycles. The van der Waals surface area contributed by atoms with Crippen LogP contribution in [0, 0.1) is 0 Å². The van der Waals surface area contributed by atoms with E-state index in [1.165, 1.54) is 10.4 Å². The molecule has 1 N–H and O–H groups in total. The lowest BCUT2D eigenvalue weighted by atomic mass is 10.1. The van der Waals surface area contributed by atoms with Crippen LogP contribution < -0.4 is 10.3 Å². The van der Waals surface area contributed by atoms with Crippen LogP contribution in [0.2, 0.25) is 0 Å². The Morgan fingerprint density at radius 1 is 1.08 bits per heavy atom. The topological polar surface area (TPSA) is 88.9 Å². The first-order valence-corrected chi connectivity index (χ1v) is 13.3. The number of pyridine rings is 1. The first-order chi connectivity index (χ1) is 18.1. The first kappa shape index (κ1) is 24.9. The predicted octanol–water partition coefficient (Wildman–Crippen LogP) is 4.98. The number of hydrogen-bond acceptors (Lipinski definition) is 7. The standard InChI is InChI=1S/C28H30N6O2S/c1-3-26(27-30-31-32-34(27)14-13-20-8-5-4-6-9-20)33(19-24-10-7-15-37-24)18-22-16-21-17-23(36-2)11-12-25(21)29-28(22)35/h4-12,15-17,26H,3,13-14,18-19H2,1-2H3,(H,29,35)/t26-/m0/s1. The van der Waals surface area contributed by atoms with E-state index in [1.807, 2.05) is 47.1 Å². The van der Waals surface area contributed by atoms with E-state index in [9.17, 15) is 4.79 Å². The molecule has 190 valence electrons. The highest BCUT2D eigenvalue weighted by atomic mass is 32.1. The predicted molar refractivity (Wildman–Crippen MR) is 146 cm³/mol. The molecule has 0 aliphatic carbocycles. The zero-order chi connectivity index (χ0) is 25.6. The third kappa shape index (κ3) is 5.79. The monoisotopic (exact) mass is 514 g/mol. The molecular formula is C28H30N6O2S. The second-order valence-corrected chi connectivity index (χ2v) is 10.0. The average molecular weight is 515 g/mol. The SMILES string of the molecule is CC[C@@H](c1nnnn1CCc1ccccc1)N(Cc1cccs1)Cc1cc2cc(OC)ccc2[nH]c1=O. The van der Waals surface area contributed by atoms with Crippen molar-refractivity contribution in [3.8, 4) is 5.75 Å². The van der Waals surface area contributed by atoms with Crippen molar-refractivity contribution in [1.82, 2.24) is 30.1 Å². The highest BCUT2D eigenvalue weighted by molar-refractivity contribution is 7.09. The summed E-state index contributed by atoms with van der Waals surface area (Å²) < 4.78 is 7.29. The molecule has 8 nitrogen and oxygen atoms in total. The Bertz CT molecular complexity index is 1500. The number of rotatable bonds is 11. The molecule has 3 aromatic heterocycles. The van der Waals surface area contributed by atoms with Gasteiger partial charge < -0.3 is 9.72 Å². The van der Waals surface area contributed by atoms with Crippen LogP contribution in [0.15, 0.2) is 76.9 Å². The van der Waals surface area contributed by atoms with Gasteiger partial charge in [-0.15, -0.1) is 16.4 Å². The number of methoxy groups -OCH3 is 1. The van der Waals surface area contributed by atoms with Gasteiger partial charge in [0.05, 0.1) is 13.2 Å². The summed E-state index contributed by atoms with van der Waals surface area (Å²) in [6.45, 7) is 3.98. The lowest BCUT2D eigenvalue weighted by Gasteiger charge is -2.30. The molecule has 0 aliphatic rings. The number of benzene rings is 2. The molecule has 0 radical (unpaired) electrons. The second kappa shape index (κ2) is 11.5.